The van der Waals surface area contributed by atoms with E-state index in [0.717, 1.165) is 0 Å². The average molecular weight is 153 g/mol. The highest BCUT2D eigenvalue weighted by molar-refractivity contribution is 7.17. The number of nitrogens with zero attached hydrogens (tertiary/aromatic N) is 1. The predicted molar refractivity (Wildman–Crippen MR) is 38.8 cm³/mol. The number of carbonyl (C=O) groups is 1. The molecule has 3 nitrogen and oxygen atoms in total. The normalized spacial score (nSPS) is 9.30. The number of hydrogen-bond acceptors (Lipinski definition) is 4. The Bertz CT molecular complexity index is 248. The summed E-state index contributed by atoms with van der Waals surface area (Å²) in [7, 11) is 6.57. The van der Waals surface area contributed by atoms with Gasteiger partial charge < -0.3 is 4.74 Å². The van der Waals surface area contributed by atoms with E-state index in [0.29, 0.717) is 4.91 Å². The molecule has 1 heterocycles. The lowest BCUT2D eigenvalue weighted by molar-refractivity contribution is 0.0595. The van der Waals surface area contributed by atoms with Gasteiger partial charge in [0.2, 0.25) is 0 Å². The van der Waals surface area contributed by atoms with Gasteiger partial charge in [-0.1, -0.05) is 0 Å². The Kier molecular flexibility index (Phi) is 2.06. The molecule has 0 aromatic carbocycles. The van der Waals surface area contributed by atoms with E-state index in [1.165, 1.54) is 18.4 Å². The molecule has 0 saturated carbocycles. The van der Waals surface area contributed by atoms with Gasteiger partial charge in [-0.25, -0.2) is 9.78 Å². The molecule has 2 radical (unpaired) electrons. The van der Waals surface area contributed by atoms with Gasteiger partial charge >= 0.3 is 5.97 Å². The second-order valence-corrected chi connectivity index (χ2v) is 2.45. The zero-order chi connectivity index (χ0) is 7.56. The van der Waals surface area contributed by atoms with Gasteiger partial charge in [0.05, 0.1) is 7.11 Å². The molecule has 0 N–H and O–H groups in total. The lowest BCUT2D eigenvalue weighted by atomic mass is 10.2. The molecular weight excluding hydrogens is 149 g/mol. The third-order valence-electron chi connectivity index (χ3n) is 0.916. The van der Waals surface area contributed by atoms with Crippen molar-refractivity contribution in [3.8, 4) is 0 Å². The average Bonchev–Trinajstić information content (AvgIpc) is 2.34. The monoisotopic (exact) mass is 153 g/mol. The summed E-state index contributed by atoms with van der Waals surface area (Å²) in [5.74, 6) is -0.451. The lowest BCUT2D eigenvalue weighted by Gasteiger charge is -1.90. The summed E-state index contributed by atoms with van der Waals surface area (Å²) in [5.41, 5.74) is 0.269. The second-order valence-electron chi connectivity index (χ2n) is 1.56. The van der Waals surface area contributed by atoms with Crippen LogP contribution in [-0.2, 0) is 4.74 Å². The molecular formula is C5H4BNO2S. The molecule has 50 valence electrons. The van der Waals surface area contributed by atoms with Crippen molar-refractivity contribution in [3.63, 3.8) is 0 Å². The van der Waals surface area contributed by atoms with E-state index in [1.54, 1.807) is 5.38 Å². The number of carbonyl (C=O) groups excluding carboxylic acids is 1. The zero-order valence-corrected chi connectivity index (χ0v) is 6.14. The summed E-state index contributed by atoms with van der Waals surface area (Å²) in [6.07, 6.45) is 0. The van der Waals surface area contributed by atoms with Crippen LogP contribution in [0.25, 0.3) is 0 Å². The number of hydrogen-bond donors (Lipinski definition) is 0. The summed E-state index contributed by atoms with van der Waals surface area (Å²) in [4.78, 5) is 14.8. The van der Waals surface area contributed by atoms with Crippen LogP contribution in [0.2, 0.25) is 0 Å². The van der Waals surface area contributed by atoms with Gasteiger partial charge in [0.15, 0.2) is 13.5 Å². The minimum absolute atomic E-state index is 0.269. The largest absolute Gasteiger partial charge is 0.464 e. The van der Waals surface area contributed by atoms with E-state index in [9.17, 15) is 4.79 Å². The molecule has 10 heavy (non-hydrogen) atoms. The van der Waals surface area contributed by atoms with Crippen LogP contribution < -0.4 is 4.91 Å². The maximum atomic E-state index is 10.7. The molecule has 0 bridgehead atoms. The second kappa shape index (κ2) is 2.83. The fraction of sp³-hybridized carbons (Fsp3) is 0.200. The smallest absolute Gasteiger partial charge is 0.357 e. The zero-order valence-electron chi connectivity index (χ0n) is 5.33. The Morgan fingerprint density at radius 1 is 1.90 bits per heavy atom. The highest BCUT2D eigenvalue weighted by atomic mass is 32.1. The van der Waals surface area contributed by atoms with Crippen LogP contribution in [0, 0.1) is 0 Å². The van der Waals surface area contributed by atoms with Gasteiger partial charge in [0, 0.05) is 10.3 Å². The van der Waals surface area contributed by atoms with E-state index in [-0.39, 0.29) is 5.69 Å². The number of rotatable bonds is 1. The van der Waals surface area contributed by atoms with Gasteiger partial charge in [-0.2, -0.15) is 0 Å². The lowest BCUT2D eigenvalue weighted by Crippen LogP contribution is -2.06. The quantitative estimate of drug-likeness (QED) is 0.411. The summed E-state index contributed by atoms with van der Waals surface area (Å²) in [5, 5.41) is 1.56. The van der Waals surface area contributed by atoms with Crippen molar-refractivity contribution in [1.29, 1.82) is 0 Å². The summed E-state index contributed by atoms with van der Waals surface area (Å²) >= 11 is 1.21. The van der Waals surface area contributed by atoms with Crippen molar-refractivity contribution in [2.75, 3.05) is 7.11 Å². The van der Waals surface area contributed by atoms with Crippen molar-refractivity contribution < 1.29 is 9.53 Å². The molecule has 0 atom stereocenters. The molecule has 0 aliphatic carbocycles. The molecule has 0 saturated heterocycles. The van der Waals surface area contributed by atoms with Crippen LogP contribution in [0.15, 0.2) is 5.38 Å². The van der Waals surface area contributed by atoms with Gasteiger partial charge in [-0.3, -0.25) is 0 Å². The molecule has 0 aliphatic rings. The first-order valence-corrected chi connectivity index (χ1v) is 3.41. The van der Waals surface area contributed by atoms with Gasteiger partial charge in [-0.15, -0.1) is 11.3 Å². The van der Waals surface area contributed by atoms with Crippen LogP contribution in [0.5, 0.6) is 0 Å². The van der Waals surface area contributed by atoms with Crippen molar-refractivity contribution in [1.82, 2.24) is 4.98 Å². The summed E-state index contributed by atoms with van der Waals surface area (Å²) in [6.45, 7) is 0. The van der Waals surface area contributed by atoms with Crippen molar-refractivity contribution in [2.45, 2.75) is 0 Å². The van der Waals surface area contributed by atoms with E-state index >= 15 is 0 Å². The standard InChI is InChI=1S/C5H4BNO2S/c1-9-4(8)3-2-10-5(6)7-3/h2H,1H3. The first-order valence-electron chi connectivity index (χ1n) is 2.53. The number of ether oxygens (including phenoxy) is 1. The Balaban J connectivity index is 2.85. The third-order valence-corrected chi connectivity index (χ3v) is 1.59. The van der Waals surface area contributed by atoms with E-state index in [4.69, 9.17) is 7.85 Å². The topological polar surface area (TPSA) is 39.2 Å². The Morgan fingerprint density at radius 3 is 3.00 bits per heavy atom. The SMILES string of the molecule is [B]c1nc(C(=O)OC)cs1. The number of aromatic nitrogens is 1. The van der Waals surface area contributed by atoms with Crippen molar-refractivity contribution in [3.05, 3.63) is 11.1 Å². The third kappa shape index (κ3) is 1.36. The Morgan fingerprint density at radius 2 is 2.60 bits per heavy atom. The molecule has 0 aliphatic heterocycles. The van der Waals surface area contributed by atoms with Crippen LogP contribution in [0.3, 0.4) is 0 Å². The molecule has 1 aromatic heterocycles. The number of methoxy groups -OCH3 is 1. The van der Waals surface area contributed by atoms with E-state index < -0.39 is 5.97 Å². The highest BCUT2D eigenvalue weighted by Crippen LogP contribution is 1.98. The molecule has 1 aromatic rings. The Labute approximate surface area is 63.4 Å². The highest BCUT2D eigenvalue weighted by Gasteiger charge is 2.07. The summed E-state index contributed by atoms with van der Waals surface area (Å²) < 4.78 is 4.40. The molecule has 0 amide bonds. The van der Waals surface area contributed by atoms with Crippen LogP contribution in [0.4, 0.5) is 0 Å². The molecule has 0 unspecified atom stereocenters. The Hall–Kier alpha value is -0.835. The summed E-state index contributed by atoms with van der Waals surface area (Å²) in [6, 6.07) is 0. The van der Waals surface area contributed by atoms with Gasteiger partial charge in [0.25, 0.3) is 0 Å². The first kappa shape index (κ1) is 7.27. The van der Waals surface area contributed by atoms with Gasteiger partial charge in [-0.05, 0) is 0 Å². The minimum Gasteiger partial charge on any atom is -0.464 e. The van der Waals surface area contributed by atoms with Crippen LogP contribution in [-0.4, -0.2) is 25.9 Å². The van der Waals surface area contributed by atoms with Gasteiger partial charge in [0.1, 0.15) is 0 Å². The van der Waals surface area contributed by atoms with Crippen molar-refractivity contribution in [2.24, 2.45) is 0 Å². The fourth-order valence-electron chi connectivity index (χ4n) is 0.486. The van der Waals surface area contributed by atoms with Crippen molar-refractivity contribution >= 4 is 30.1 Å². The van der Waals surface area contributed by atoms with Crippen LogP contribution >= 0.6 is 11.3 Å². The fourth-order valence-corrected chi connectivity index (χ4v) is 1.02. The number of thiazole rings is 1. The first-order chi connectivity index (χ1) is 4.74. The maximum absolute atomic E-state index is 10.7. The molecule has 0 fully saturated rings. The molecule has 0 spiro atoms. The molecule has 5 heteroatoms. The predicted octanol–water partition coefficient (Wildman–Crippen LogP) is -0.277. The number of esters is 1. The maximum Gasteiger partial charge on any atom is 0.357 e. The van der Waals surface area contributed by atoms with E-state index in [1.807, 2.05) is 0 Å². The molecule has 1 rings (SSSR count). The van der Waals surface area contributed by atoms with Crippen LogP contribution in [0.1, 0.15) is 10.5 Å². The minimum atomic E-state index is -0.451. The van der Waals surface area contributed by atoms with E-state index in [2.05, 4.69) is 9.72 Å².